The highest BCUT2D eigenvalue weighted by molar-refractivity contribution is 7.22. The van der Waals surface area contributed by atoms with Gasteiger partial charge in [0.15, 0.2) is 22.4 Å². The predicted molar refractivity (Wildman–Crippen MR) is 125 cm³/mol. The third kappa shape index (κ3) is 4.62. The summed E-state index contributed by atoms with van der Waals surface area (Å²) in [6.45, 7) is 7.61. The first-order valence-electron chi connectivity index (χ1n) is 11.0. The minimum Gasteiger partial charge on any atom is -0.377 e. The number of nitrogens with zero attached hydrogens (tertiary/aromatic N) is 4. The molecule has 0 bridgehead atoms. The largest absolute Gasteiger partial charge is 0.377 e. The van der Waals surface area contributed by atoms with Crippen LogP contribution in [0.3, 0.4) is 0 Å². The number of aromatic nitrogens is 3. The van der Waals surface area contributed by atoms with Gasteiger partial charge in [0.25, 0.3) is 0 Å². The van der Waals surface area contributed by atoms with Crippen molar-refractivity contribution < 1.29 is 9.53 Å². The molecule has 6 nitrogen and oxygen atoms in total. The standard InChI is InChI=1S/C24H30N4O2S/c1-15(2)21-22-23(26-20(25-21)14-30-4)27-24(31-22)28-12-8-11-18(28)19(29)13-16(3)17-9-6-5-7-10-17/h5-7,9-10,15-16,18H,8,11-14H2,1-4H3/t16-,18+/m0/s1. The smallest absolute Gasteiger partial charge is 0.188 e. The van der Waals surface area contributed by atoms with Gasteiger partial charge in [0.05, 0.1) is 16.4 Å². The van der Waals surface area contributed by atoms with Gasteiger partial charge in [-0.1, -0.05) is 62.4 Å². The zero-order valence-corrected chi connectivity index (χ0v) is 19.5. The van der Waals surface area contributed by atoms with Gasteiger partial charge in [-0.25, -0.2) is 9.97 Å². The van der Waals surface area contributed by atoms with Crippen molar-refractivity contribution in [3.63, 3.8) is 0 Å². The number of Topliss-reactive ketones (excluding diaryl/α,β-unsaturated/α-hetero) is 1. The molecular weight excluding hydrogens is 408 g/mol. The molecule has 3 aromatic rings. The van der Waals surface area contributed by atoms with E-state index in [9.17, 15) is 4.79 Å². The van der Waals surface area contributed by atoms with Crippen LogP contribution in [-0.4, -0.2) is 40.4 Å². The predicted octanol–water partition coefficient (Wildman–Crippen LogP) is 5.09. The van der Waals surface area contributed by atoms with Crippen molar-refractivity contribution in [1.29, 1.82) is 0 Å². The van der Waals surface area contributed by atoms with E-state index in [1.165, 1.54) is 5.56 Å². The fourth-order valence-electron chi connectivity index (χ4n) is 4.26. The molecule has 164 valence electrons. The summed E-state index contributed by atoms with van der Waals surface area (Å²) in [4.78, 5) is 29.6. The Hall–Kier alpha value is -2.38. The summed E-state index contributed by atoms with van der Waals surface area (Å²) >= 11 is 1.61. The number of carbonyl (C=O) groups excluding carboxylic acids is 1. The van der Waals surface area contributed by atoms with Gasteiger partial charge in [0, 0.05) is 20.1 Å². The van der Waals surface area contributed by atoms with E-state index in [4.69, 9.17) is 14.7 Å². The lowest BCUT2D eigenvalue weighted by Crippen LogP contribution is -2.36. The average Bonchev–Trinajstić information content (AvgIpc) is 3.40. The van der Waals surface area contributed by atoms with Crippen molar-refractivity contribution in [2.45, 2.75) is 64.5 Å². The van der Waals surface area contributed by atoms with Crippen molar-refractivity contribution in [1.82, 2.24) is 15.0 Å². The first-order chi connectivity index (χ1) is 15.0. The maximum absolute atomic E-state index is 13.2. The number of hydrogen-bond donors (Lipinski definition) is 0. The summed E-state index contributed by atoms with van der Waals surface area (Å²) in [5, 5.41) is 0.879. The summed E-state index contributed by atoms with van der Waals surface area (Å²) in [6.07, 6.45) is 2.43. The summed E-state index contributed by atoms with van der Waals surface area (Å²) in [5.41, 5.74) is 2.92. The van der Waals surface area contributed by atoms with Gasteiger partial charge >= 0.3 is 0 Å². The Balaban J connectivity index is 1.59. The molecular formula is C24H30N4O2S. The van der Waals surface area contributed by atoms with Gasteiger partial charge in [0.1, 0.15) is 6.61 Å². The number of anilines is 1. The quantitative estimate of drug-likeness (QED) is 0.488. The number of hydrogen-bond acceptors (Lipinski definition) is 7. The van der Waals surface area contributed by atoms with E-state index in [1.807, 2.05) is 18.2 Å². The molecule has 0 aliphatic carbocycles. The van der Waals surface area contributed by atoms with Crippen LogP contribution in [0.25, 0.3) is 10.3 Å². The van der Waals surface area contributed by atoms with Gasteiger partial charge in [-0.3, -0.25) is 4.79 Å². The number of benzene rings is 1. The molecule has 0 amide bonds. The Morgan fingerprint density at radius 2 is 1.97 bits per heavy atom. The van der Waals surface area contributed by atoms with Crippen LogP contribution in [0.1, 0.15) is 69.0 Å². The highest BCUT2D eigenvalue weighted by atomic mass is 32.1. The number of methoxy groups -OCH3 is 1. The molecule has 1 aliphatic rings. The van der Waals surface area contributed by atoms with Crippen LogP contribution < -0.4 is 4.90 Å². The molecule has 0 radical (unpaired) electrons. The maximum atomic E-state index is 13.2. The minimum atomic E-state index is -0.111. The molecule has 1 aliphatic heterocycles. The molecule has 7 heteroatoms. The molecule has 31 heavy (non-hydrogen) atoms. The first-order valence-corrected chi connectivity index (χ1v) is 11.8. The van der Waals surface area contributed by atoms with Crippen molar-refractivity contribution in [2.75, 3.05) is 18.6 Å². The van der Waals surface area contributed by atoms with Crippen molar-refractivity contribution in [3.8, 4) is 0 Å². The van der Waals surface area contributed by atoms with E-state index in [-0.39, 0.29) is 17.9 Å². The molecule has 0 saturated carbocycles. The lowest BCUT2D eigenvalue weighted by molar-refractivity contribution is -0.120. The van der Waals surface area contributed by atoms with Crippen LogP contribution in [0.5, 0.6) is 0 Å². The number of ketones is 1. The van der Waals surface area contributed by atoms with Crippen LogP contribution in [0, 0.1) is 0 Å². The summed E-state index contributed by atoms with van der Waals surface area (Å²) < 4.78 is 6.25. The third-order valence-corrected chi connectivity index (χ3v) is 6.99. The van der Waals surface area contributed by atoms with Gasteiger partial charge in [-0.15, -0.1) is 0 Å². The molecule has 3 heterocycles. The van der Waals surface area contributed by atoms with E-state index in [1.54, 1.807) is 18.4 Å². The SMILES string of the molecule is COCc1nc(C(C)C)c2sc(N3CCC[C@@H]3C(=O)C[C@H](C)c3ccccc3)nc2n1. The van der Waals surface area contributed by atoms with Crippen LogP contribution >= 0.6 is 11.3 Å². The van der Waals surface area contributed by atoms with Crippen LogP contribution in [-0.2, 0) is 16.1 Å². The van der Waals surface area contributed by atoms with E-state index >= 15 is 0 Å². The number of thiazole rings is 1. The Labute approximate surface area is 187 Å². The molecule has 4 rings (SSSR count). The molecule has 2 atom stereocenters. The molecule has 2 aromatic heterocycles. The Morgan fingerprint density at radius 1 is 1.19 bits per heavy atom. The summed E-state index contributed by atoms with van der Waals surface area (Å²) in [7, 11) is 1.64. The van der Waals surface area contributed by atoms with Crippen molar-refractivity contribution in [2.24, 2.45) is 0 Å². The highest BCUT2D eigenvalue weighted by Gasteiger charge is 2.33. The fraction of sp³-hybridized carbons (Fsp3) is 0.500. The second-order valence-electron chi connectivity index (χ2n) is 8.60. The molecule has 0 unspecified atom stereocenters. The zero-order chi connectivity index (χ0) is 22.0. The van der Waals surface area contributed by atoms with Crippen molar-refractivity contribution >= 4 is 32.6 Å². The monoisotopic (exact) mass is 438 g/mol. The third-order valence-electron chi connectivity index (χ3n) is 5.88. The van der Waals surface area contributed by atoms with Gasteiger partial charge < -0.3 is 9.64 Å². The average molecular weight is 439 g/mol. The van der Waals surface area contributed by atoms with Gasteiger partial charge in [0.2, 0.25) is 0 Å². The Bertz CT molecular complexity index is 1050. The van der Waals surface area contributed by atoms with Gasteiger partial charge in [-0.05, 0) is 30.2 Å². The summed E-state index contributed by atoms with van der Waals surface area (Å²) in [6, 6.07) is 10.2. The lowest BCUT2D eigenvalue weighted by Gasteiger charge is -2.24. The Kier molecular flexibility index (Phi) is 6.62. The second kappa shape index (κ2) is 9.40. The molecule has 1 aromatic carbocycles. The number of carbonyl (C=O) groups is 1. The fourth-order valence-corrected chi connectivity index (χ4v) is 5.48. The normalized spacial score (nSPS) is 17.6. The molecule has 0 N–H and O–H groups in total. The van der Waals surface area contributed by atoms with Crippen molar-refractivity contribution in [3.05, 3.63) is 47.4 Å². The maximum Gasteiger partial charge on any atom is 0.188 e. The number of fused-ring (bicyclic) bond motifs is 1. The van der Waals surface area contributed by atoms with Crippen LogP contribution in [0.15, 0.2) is 30.3 Å². The Morgan fingerprint density at radius 3 is 2.68 bits per heavy atom. The second-order valence-corrected chi connectivity index (χ2v) is 9.57. The van der Waals surface area contributed by atoms with E-state index < -0.39 is 0 Å². The highest BCUT2D eigenvalue weighted by Crippen LogP contribution is 2.37. The van der Waals surface area contributed by atoms with Crippen LogP contribution in [0.2, 0.25) is 0 Å². The zero-order valence-electron chi connectivity index (χ0n) is 18.7. The lowest BCUT2D eigenvalue weighted by atomic mass is 9.93. The number of ether oxygens (including phenoxy) is 1. The molecule has 0 spiro atoms. The van der Waals surface area contributed by atoms with Gasteiger partial charge in [-0.2, -0.15) is 4.98 Å². The molecule has 1 saturated heterocycles. The van der Waals surface area contributed by atoms with E-state index in [2.05, 4.69) is 42.8 Å². The first kappa shape index (κ1) is 21.8. The summed E-state index contributed by atoms with van der Waals surface area (Å²) in [5.74, 6) is 1.42. The van der Waals surface area contributed by atoms with Crippen LogP contribution in [0.4, 0.5) is 5.13 Å². The topological polar surface area (TPSA) is 68.2 Å². The van der Waals surface area contributed by atoms with E-state index in [0.29, 0.717) is 30.3 Å². The molecule has 1 fully saturated rings. The number of rotatable bonds is 8. The van der Waals surface area contributed by atoms with E-state index in [0.717, 1.165) is 34.9 Å². The minimum absolute atomic E-state index is 0.111.